The maximum absolute atomic E-state index is 13.4. The fourth-order valence-electron chi connectivity index (χ4n) is 4.15. The first kappa shape index (κ1) is 33.0. The lowest BCUT2D eigenvalue weighted by Crippen LogP contribution is -2.30. The van der Waals surface area contributed by atoms with Gasteiger partial charge >= 0.3 is 5.97 Å². The molecule has 1 atom stereocenters. The Hall–Kier alpha value is -4.86. The van der Waals surface area contributed by atoms with Crippen LogP contribution < -0.4 is 16.0 Å². The Morgan fingerprint density at radius 1 is 0.800 bits per heavy atom. The number of halogens is 1. The zero-order chi connectivity index (χ0) is 32.5. The van der Waals surface area contributed by atoms with Gasteiger partial charge in [-0.15, -0.1) is 11.8 Å². The van der Waals surface area contributed by atoms with Crippen LogP contribution in [0.1, 0.15) is 58.5 Å². The van der Waals surface area contributed by atoms with E-state index in [1.54, 1.807) is 67.6 Å². The normalized spacial score (nSPS) is 11.9. The van der Waals surface area contributed by atoms with Gasteiger partial charge in [-0.2, -0.15) is 0 Å². The lowest BCUT2D eigenvalue weighted by atomic mass is 10.0. The largest absolute Gasteiger partial charge is 0.478 e. The highest BCUT2D eigenvalue weighted by atomic mass is 35.5. The van der Waals surface area contributed by atoms with Gasteiger partial charge in [0.1, 0.15) is 5.70 Å². The van der Waals surface area contributed by atoms with Crippen molar-refractivity contribution < 1.29 is 24.3 Å². The molecule has 4 aromatic carbocycles. The first-order valence-corrected chi connectivity index (χ1v) is 15.4. The van der Waals surface area contributed by atoms with Gasteiger partial charge in [-0.25, -0.2) is 4.79 Å². The standard InChI is InChI=1S/C35H32ClN3O5S/c1-21(2)24-11-9-23(10-12-24)19-31(39-33(41)25-7-5-4-6-8-25)34(42)37-27-14-16-28(17-15-27)45-22(3)32(40)38-30-20-26(35(43)44)13-18-29(30)36/h4-22H,1-3H3,(H,37,42)(H,38,40)(H,39,41)(H,43,44)/b31-19-. The van der Waals surface area contributed by atoms with Crippen molar-refractivity contribution in [3.63, 3.8) is 0 Å². The molecule has 8 nitrogen and oxygen atoms in total. The first-order chi connectivity index (χ1) is 21.5. The van der Waals surface area contributed by atoms with Crippen molar-refractivity contribution in [2.45, 2.75) is 36.8 Å². The summed E-state index contributed by atoms with van der Waals surface area (Å²) < 4.78 is 0. The van der Waals surface area contributed by atoms with E-state index < -0.39 is 23.0 Å². The molecule has 0 aromatic heterocycles. The van der Waals surface area contributed by atoms with E-state index >= 15 is 0 Å². The van der Waals surface area contributed by atoms with Gasteiger partial charge < -0.3 is 21.1 Å². The third kappa shape index (κ3) is 9.31. The van der Waals surface area contributed by atoms with E-state index in [1.165, 1.54) is 30.0 Å². The fraction of sp³-hybridized carbons (Fsp3) is 0.143. The highest BCUT2D eigenvalue weighted by Gasteiger charge is 2.18. The SMILES string of the molecule is CC(Sc1ccc(NC(=O)/C(=C/c2ccc(C(C)C)cc2)NC(=O)c2ccccc2)cc1)C(=O)Nc1cc(C(=O)O)ccc1Cl. The Morgan fingerprint density at radius 3 is 2.09 bits per heavy atom. The maximum atomic E-state index is 13.4. The van der Waals surface area contributed by atoms with Crippen LogP contribution in [0.4, 0.5) is 11.4 Å². The zero-order valence-corrected chi connectivity index (χ0v) is 26.4. The Balaban J connectivity index is 1.44. The first-order valence-electron chi connectivity index (χ1n) is 14.1. The van der Waals surface area contributed by atoms with Crippen molar-refractivity contribution in [3.8, 4) is 0 Å². The summed E-state index contributed by atoms with van der Waals surface area (Å²) in [6.07, 6.45) is 1.63. The van der Waals surface area contributed by atoms with Crippen LogP contribution in [0.5, 0.6) is 0 Å². The van der Waals surface area contributed by atoms with Crippen molar-refractivity contribution in [2.24, 2.45) is 0 Å². The number of carboxylic acids is 1. The van der Waals surface area contributed by atoms with Gasteiger partial charge in [0, 0.05) is 16.1 Å². The van der Waals surface area contributed by atoms with Gasteiger partial charge in [0.05, 0.1) is 21.5 Å². The maximum Gasteiger partial charge on any atom is 0.335 e. The molecule has 0 bridgehead atoms. The summed E-state index contributed by atoms with van der Waals surface area (Å²) in [6, 6.07) is 27.4. The van der Waals surface area contributed by atoms with Crippen molar-refractivity contribution in [1.29, 1.82) is 0 Å². The average molecular weight is 642 g/mol. The van der Waals surface area contributed by atoms with Crippen LogP contribution in [0.2, 0.25) is 5.02 Å². The van der Waals surface area contributed by atoms with Crippen LogP contribution in [0.15, 0.2) is 108 Å². The van der Waals surface area contributed by atoms with Gasteiger partial charge in [-0.3, -0.25) is 14.4 Å². The lowest BCUT2D eigenvalue weighted by Gasteiger charge is -2.14. The van der Waals surface area contributed by atoms with Gasteiger partial charge in [0.2, 0.25) is 5.91 Å². The summed E-state index contributed by atoms with van der Waals surface area (Å²) in [7, 11) is 0. The van der Waals surface area contributed by atoms with Crippen molar-refractivity contribution >= 4 is 64.5 Å². The van der Waals surface area contributed by atoms with E-state index in [0.29, 0.717) is 17.2 Å². The zero-order valence-electron chi connectivity index (χ0n) is 24.8. The van der Waals surface area contributed by atoms with E-state index in [2.05, 4.69) is 29.8 Å². The molecule has 0 aliphatic rings. The van der Waals surface area contributed by atoms with Crippen molar-refractivity contribution in [3.05, 3.63) is 130 Å². The molecule has 4 rings (SSSR count). The van der Waals surface area contributed by atoms with E-state index in [0.717, 1.165) is 16.0 Å². The van der Waals surface area contributed by atoms with Crippen LogP contribution in [-0.4, -0.2) is 34.0 Å². The number of hydrogen-bond donors (Lipinski definition) is 4. The molecular weight excluding hydrogens is 610 g/mol. The second-order valence-electron chi connectivity index (χ2n) is 10.4. The fourth-order valence-corrected chi connectivity index (χ4v) is 5.18. The van der Waals surface area contributed by atoms with Crippen molar-refractivity contribution in [1.82, 2.24) is 5.32 Å². The minimum Gasteiger partial charge on any atom is -0.478 e. The molecule has 45 heavy (non-hydrogen) atoms. The van der Waals surface area contributed by atoms with Gasteiger partial charge in [-0.05, 0) is 84.6 Å². The molecule has 0 spiro atoms. The van der Waals surface area contributed by atoms with Crippen LogP contribution in [0, 0.1) is 0 Å². The van der Waals surface area contributed by atoms with Crippen LogP contribution in [0.25, 0.3) is 6.08 Å². The number of rotatable bonds is 11. The molecule has 0 saturated carbocycles. The van der Waals surface area contributed by atoms with Crippen molar-refractivity contribution in [2.75, 3.05) is 10.6 Å². The summed E-state index contributed by atoms with van der Waals surface area (Å²) in [5.41, 5.74) is 3.13. The predicted molar refractivity (Wildman–Crippen MR) is 180 cm³/mol. The summed E-state index contributed by atoms with van der Waals surface area (Å²) in [5, 5.41) is 17.2. The monoisotopic (exact) mass is 641 g/mol. The quantitative estimate of drug-likeness (QED) is 0.0983. The molecule has 0 radical (unpaired) electrons. The van der Waals surface area contributed by atoms with Crippen LogP contribution in [-0.2, 0) is 9.59 Å². The number of carbonyl (C=O) groups excluding carboxylic acids is 3. The van der Waals surface area contributed by atoms with E-state index in [1.807, 2.05) is 24.3 Å². The summed E-state index contributed by atoms with van der Waals surface area (Å²) in [6.45, 7) is 5.91. The molecule has 3 amide bonds. The molecular formula is C35H32ClN3O5S. The van der Waals surface area contributed by atoms with Gasteiger partial charge in [-0.1, -0.05) is 67.9 Å². The number of hydrogen-bond acceptors (Lipinski definition) is 5. The van der Waals surface area contributed by atoms with Gasteiger partial charge in [0.15, 0.2) is 0 Å². The molecule has 1 unspecified atom stereocenters. The average Bonchev–Trinajstić information content (AvgIpc) is 3.03. The number of carboxylic acid groups (broad SMARTS) is 1. The summed E-state index contributed by atoms with van der Waals surface area (Å²) in [5.74, 6) is -2.03. The molecule has 0 aliphatic heterocycles. The minimum atomic E-state index is -1.13. The number of nitrogens with one attached hydrogen (secondary N) is 3. The number of carbonyl (C=O) groups is 4. The Morgan fingerprint density at radius 2 is 1.47 bits per heavy atom. The highest BCUT2D eigenvalue weighted by Crippen LogP contribution is 2.28. The van der Waals surface area contributed by atoms with Crippen LogP contribution >= 0.6 is 23.4 Å². The summed E-state index contributed by atoms with van der Waals surface area (Å²) >= 11 is 7.42. The minimum absolute atomic E-state index is 0.00862. The molecule has 0 heterocycles. The Kier molecular flexibility index (Phi) is 11.2. The third-order valence-corrected chi connectivity index (χ3v) is 8.15. The van der Waals surface area contributed by atoms with E-state index in [9.17, 15) is 24.3 Å². The molecule has 4 N–H and O–H groups in total. The highest BCUT2D eigenvalue weighted by molar-refractivity contribution is 8.00. The number of thioether (sulfide) groups is 1. The molecule has 230 valence electrons. The molecule has 4 aromatic rings. The third-order valence-electron chi connectivity index (χ3n) is 6.71. The summed E-state index contributed by atoms with van der Waals surface area (Å²) in [4.78, 5) is 51.1. The Labute approximate surface area is 270 Å². The predicted octanol–water partition coefficient (Wildman–Crippen LogP) is 7.69. The topological polar surface area (TPSA) is 125 Å². The Bertz CT molecular complexity index is 1720. The lowest BCUT2D eigenvalue weighted by molar-refractivity contribution is -0.115. The number of benzene rings is 4. The van der Waals surface area contributed by atoms with Gasteiger partial charge in [0.25, 0.3) is 11.8 Å². The smallest absolute Gasteiger partial charge is 0.335 e. The second kappa shape index (κ2) is 15.2. The van der Waals surface area contributed by atoms with Crippen LogP contribution in [0.3, 0.4) is 0 Å². The molecule has 0 aliphatic carbocycles. The molecule has 0 fully saturated rings. The number of aromatic carboxylic acids is 1. The van der Waals surface area contributed by atoms with E-state index in [-0.39, 0.29) is 27.9 Å². The van der Waals surface area contributed by atoms with E-state index in [4.69, 9.17) is 11.6 Å². The molecule has 10 heteroatoms. The molecule has 0 saturated heterocycles. The number of anilines is 2. The number of amides is 3. The second-order valence-corrected chi connectivity index (χ2v) is 12.2.